The van der Waals surface area contributed by atoms with E-state index in [1.165, 1.54) is 33.0 Å². The molecule has 0 aliphatic heterocycles. The molecule has 5 rings (SSSR count). The summed E-state index contributed by atoms with van der Waals surface area (Å²) in [4.78, 5) is 2.30. The quantitative estimate of drug-likeness (QED) is 0.281. The molecular weight excluding hydrogens is 386 g/mol. The monoisotopic (exact) mass is 411 g/mol. The summed E-state index contributed by atoms with van der Waals surface area (Å²) in [6.45, 7) is 2.14. The number of anilines is 2. The largest absolute Gasteiger partial charge is 0.317 e. The first kappa shape index (κ1) is 19.8. The number of benzene rings is 5. The molecule has 1 heteroatoms. The van der Waals surface area contributed by atoms with Crippen LogP contribution in [0.2, 0.25) is 0 Å². The third kappa shape index (κ3) is 4.19. The van der Waals surface area contributed by atoms with E-state index in [4.69, 9.17) is 0 Å². The van der Waals surface area contributed by atoms with Crippen molar-refractivity contribution in [3.8, 4) is 0 Å². The summed E-state index contributed by atoms with van der Waals surface area (Å²) < 4.78 is 0. The maximum Gasteiger partial charge on any atom is 0.0462 e. The van der Waals surface area contributed by atoms with Gasteiger partial charge in [-0.2, -0.15) is 0 Å². The Kier molecular flexibility index (Phi) is 5.55. The van der Waals surface area contributed by atoms with Gasteiger partial charge in [-0.25, -0.2) is 0 Å². The maximum absolute atomic E-state index is 2.30. The second-order valence-electron chi connectivity index (χ2n) is 8.02. The average Bonchev–Trinajstić information content (AvgIpc) is 2.85. The molecule has 0 N–H and O–H groups in total. The summed E-state index contributed by atoms with van der Waals surface area (Å²) in [7, 11) is 0. The fourth-order valence-electron chi connectivity index (χ4n) is 4.08. The molecule has 0 aliphatic carbocycles. The standard InChI is InChI=1S/C31H25N/c1-24-11-10-18-29(21-24)32(30-20-19-25-12-8-9-17-28(25)22-30)23-31(26-13-4-2-5-14-26)27-15-6-3-7-16-27/h2-23H,1H3. The van der Waals surface area contributed by atoms with E-state index in [1.807, 2.05) is 0 Å². The van der Waals surface area contributed by atoms with Crippen LogP contribution in [0.1, 0.15) is 16.7 Å². The van der Waals surface area contributed by atoms with E-state index < -0.39 is 0 Å². The van der Waals surface area contributed by atoms with Gasteiger partial charge in [-0.15, -0.1) is 0 Å². The summed E-state index contributed by atoms with van der Waals surface area (Å²) in [6.07, 6.45) is 2.27. The highest BCUT2D eigenvalue weighted by Crippen LogP contribution is 2.33. The highest BCUT2D eigenvalue weighted by molar-refractivity contribution is 5.89. The van der Waals surface area contributed by atoms with Gasteiger partial charge in [-0.1, -0.05) is 103 Å². The summed E-state index contributed by atoms with van der Waals surface area (Å²) in [5.41, 5.74) is 7.08. The fraction of sp³-hybridized carbons (Fsp3) is 0.0323. The summed E-state index contributed by atoms with van der Waals surface area (Å²) in [6, 6.07) is 45.1. The average molecular weight is 412 g/mol. The summed E-state index contributed by atoms with van der Waals surface area (Å²) >= 11 is 0. The van der Waals surface area contributed by atoms with Crippen molar-refractivity contribution in [3.63, 3.8) is 0 Å². The van der Waals surface area contributed by atoms with E-state index in [2.05, 4.69) is 145 Å². The van der Waals surface area contributed by atoms with E-state index in [0.717, 1.165) is 11.4 Å². The fourth-order valence-corrected chi connectivity index (χ4v) is 4.08. The van der Waals surface area contributed by atoms with E-state index in [-0.39, 0.29) is 0 Å². The molecule has 0 atom stereocenters. The van der Waals surface area contributed by atoms with Gasteiger partial charge in [0, 0.05) is 23.1 Å². The molecule has 0 aliphatic rings. The molecule has 5 aromatic carbocycles. The molecule has 0 heterocycles. The number of hydrogen-bond donors (Lipinski definition) is 0. The smallest absolute Gasteiger partial charge is 0.0462 e. The minimum atomic E-state index is 1.14. The van der Waals surface area contributed by atoms with Crippen molar-refractivity contribution in [2.75, 3.05) is 4.90 Å². The molecule has 0 amide bonds. The Morgan fingerprint density at radius 3 is 1.78 bits per heavy atom. The molecule has 0 saturated carbocycles. The van der Waals surface area contributed by atoms with Crippen LogP contribution in [-0.4, -0.2) is 0 Å². The zero-order chi connectivity index (χ0) is 21.8. The zero-order valence-corrected chi connectivity index (χ0v) is 18.1. The van der Waals surface area contributed by atoms with Crippen molar-refractivity contribution in [3.05, 3.63) is 150 Å². The molecule has 32 heavy (non-hydrogen) atoms. The van der Waals surface area contributed by atoms with Crippen LogP contribution in [0.25, 0.3) is 16.3 Å². The Morgan fingerprint density at radius 1 is 0.531 bits per heavy atom. The topological polar surface area (TPSA) is 3.24 Å². The second kappa shape index (κ2) is 8.95. The van der Waals surface area contributed by atoms with Crippen LogP contribution in [0.15, 0.2) is 134 Å². The van der Waals surface area contributed by atoms with Crippen LogP contribution in [-0.2, 0) is 0 Å². The lowest BCUT2D eigenvalue weighted by atomic mass is 9.98. The Hall–Kier alpha value is -4.10. The highest BCUT2D eigenvalue weighted by atomic mass is 15.1. The van der Waals surface area contributed by atoms with Crippen molar-refractivity contribution in [2.24, 2.45) is 0 Å². The lowest BCUT2D eigenvalue weighted by Gasteiger charge is -2.24. The van der Waals surface area contributed by atoms with Crippen LogP contribution < -0.4 is 4.90 Å². The minimum absolute atomic E-state index is 1.14. The van der Waals surface area contributed by atoms with Gasteiger partial charge in [0.1, 0.15) is 0 Å². The van der Waals surface area contributed by atoms with Crippen LogP contribution in [0, 0.1) is 6.92 Å². The molecule has 0 bridgehead atoms. The Morgan fingerprint density at radius 2 is 1.12 bits per heavy atom. The van der Waals surface area contributed by atoms with Gasteiger partial charge in [0.05, 0.1) is 0 Å². The van der Waals surface area contributed by atoms with E-state index in [9.17, 15) is 0 Å². The molecule has 154 valence electrons. The van der Waals surface area contributed by atoms with Crippen LogP contribution in [0.3, 0.4) is 0 Å². The van der Waals surface area contributed by atoms with Crippen molar-refractivity contribution in [1.82, 2.24) is 0 Å². The number of rotatable bonds is 5. The molecular formula is C31H25N. The lowest BCUT2D eigenvalue weighted by molar-refractivity contribution is 1.27. The number of hydrogen-bond acceptors (Lipinski definition) is 1. The number of nitrogens with zero attached hydrogens (tertiary/aromatic N) is 1. The third-order valence-corrected chi connectivity index (χ3v) is 5.72. The molecule has 1 nitrogen and oxygen atoms in total. The SMILES string of the molecule is Cc1cccc(N(C=C(c2ccccc2)c2ccccc2)c2ccc3ccccc3c2)c1. The summed E-state index contributed by atoms with van der Waals surface area (Å²) in [5.74, 6) is 0. The Balaban J connectivity index is 1.73. The Labute approximate surface area is 189 Å². The second-order valence-corrected chi connectivity index (χ2v) is 8.02. The van der Waals surface area contributed by atoms with E-state index in [1.54, 1.807) is 0 Å². The van der Waals surface area contributed by atoms with E-state index in [0.29, 0.717) is 0 Å². The number of fused-ring (bicyclic) bond motifs is 1. The van der Waals surface area contributed by atoms with Gasteiger partial charge < -0.3 is 4.90 Å². The molecule has 0 fully saturated rings. The predicted molar refractivity (Wildman–Crippen MR) is 137 cm³/mol. The van der Waals surface area contributed by atoms with Crippen molar-refractivity contribution in [2.45, 2.75) is 6.92 Å². The molecule has 0 unspecified atom stereocenters. The van der Waals surface area contributed by atoms with Gasteiger partial charge in [-0.3, -0.25) is 0 Å². The first-order chi connectivity index (χ1) is 15.8. The molecule has 0 radical (unpaired) electrons. The lowest BCUT2D eigenvalue weighted by Crippen LogP contribution is -2.10. The van der Waals surface area contributed by atoms with Gasteiger partial charge in [0.15, 0.2) is 0 Å². The van der Waals surface area contributed by atoms with Crippen molar-refractivity contribution in [1.29, 1.82) is 0 Å². The van der Waals surface area contributed by atoms with Gasteiger partial charge in [0.25, 0.3) is 0 Å². The van der Waals surface area contributed by atoms with E-state index >= 15 is 0 Å². The summed E-state index contributed by atoms with van der Waals surface area (Å²) in [5, 5.41) is 2.48. The normalized spacial score (nSPS) is 10.7. The molecule has 5 aromatic rings. The minimum Gasteiger partial charge on any atom is -0.317 e. The first-order valence-corrected chi connectivity index (χ1v) is 11.0. The zero-order valence-electron chi connectivity index (χ0n) is 18.1. The van der Waals surface area contributed by atoms with Gasteiger partial charge in [-0.05, 0) is 58.7 Å². The van der Waals surface area contributed by atoms with Crippen molar-refractivity contribution < 1.29 is 0 Å². The Bertz CT molecular complexity index is 1330. The third-order valence-electron chi connectivity index (χ3n) is 5.72. The highest BCUT2D eigenvalue weighted by Gasteiger charge is 2.12. The number of aryl methyl sites for hydroxylation is 1. The first-order valence-electron chi connectivity index (χ1n) is 11.0. The van der Waals surface area contributed by atoms with Crippen LogP contribution in [0.5, 0.6) is 0 Å². The van der Waals surface area contributed by atoms with Gasteiger partial charge in [0.2, 0.25) is 0 Å². The van der Waals surface area contributed by atoms with Crippen molar-refractivity contribution >= 4 is 27.7 Å². The van der Waals surface area contributed by atoms with Crippen LogP contribution in [0.4, 0.5) is 11.4 Å². The van der Waals surface area contributed by atoms with Crippen LogP contribution >= 0.6 is 0 Å². The predicted octanol–water partition coefficient (Wildman–Crippen LogP) is 8.38. The maximum atomic E-state index is 2.30. The molecule has 0 saturated heterocycles. The molecule has 0 aromatic heterocycles. The van der Waals surface area contributed by atoms with Gasteiger partial charge >= 0.3 is 0 Å². The molecule has 0 spiro atoms.